The molecule has 2 unspecified atom stereocenters. The molecule has 0 radical (unpaired) electrons. The lowest BCUT2D eigenvalue weighted by Gasteiger charge is -2.27. The summed E-state index contributed by atoms with van der Waals surface area (Å²) in [5.41, 5.74) is 4.96. The first-order chi connectivity index (χ1) is 4.73. The van der Waals surface area contributed by atoms with Crippen molar-refractivity contribution in [1.29, 1.82) is 0 Å². The third-order valence-corrected chi connectivity index (χ3v) is 2.77. The highest BCUT2D eigenvalue weighted by atomic mass is 16.3. The predicted molar refractivity (Wildman–Crippen MR) is 41.6 cm³/mol. The molecule has 2 atom stereocenters. The monoisotopic (exact) mass is 143 g/mol. The van der Waals surface area contributed by atoms with Gasteiger partial charge in [0, 0.05) is 6.54 Å². The average molecular weight is 143 g/mol. The maximum absolute atomic E-state index is 9.83. The maximum atomic E-state index is 9.83. The van der Waals surface area contributed by atoms with E-state index in [9.17, 15) is 5.11 Å². The molecule has 1 saturated carbocycles. The van der Waals surface area contributed by atoms with Crippen molar-refractivity contribution in [3.63, 3.8) is 0 Å². The van der Waals surface area contributed by atoms with Crippen LogP contribution in [0.2, 0.25) is 0 Å². The summed E-state index contributed by atoms with van der Waals surface area (Å²) in [6, 6.07) is 0. The summed E-state index contributed by atoms with van der Waals surface area (Å²) in [6.45, 7) is 2.56. The lowest BCUT2D eigenvalue weighted by molar-refractivity contribution is 0.00993. The number of rotatable bonds is 2. The fourth-order valence-corrected chi connectivity index (χ4v) is 1.98. The molecule has 0 aromatic carbocycles. The van der Waals surface area contributed by atoms with Gasteiger partial charge in [-0.25, -0.2) is 0 Å². The van der Waals surface area contributed by atoms with Gasteiger partial charge in [0.2, 0.25) is 0 Å². The van der Waals surface area contributed by atoms with Crippen molar-refractivity contribution in [3.05, 3.63) is 0 Å². The van der Waals surface area contributed by atoms with E-state index < -0.39 is 5.60 Å². The molecule has 1 aliphatic rings. The molecule has 3 N–H and O–H groups in total. The zero-order valence-corrected chi connectivity index (χ0v) is 6.64. The van der Waals surface area contributed by atoms with Crippen molar-refractivity contribution in [3.8, 4) is 0 Å². The Hall–Kier alpha value is -0.0800. The molecular weight excluding hydrogens is 126 g/mol. The lowest BCUT2D eigenvalue weighted by atomic mass is 9.89. The number of hydrogen-bond acceptors (Lipinski definition) is 2. The second-order valence-corrected chi connectivity index (χ2v) is 3.31. The van der Waals surface area contributed by atoms with E-state index in [0.29, 0.717) is 12.5 Å². The SMILES string of the molecule is CCC1CCCC1(O)CN. The number of nitrogens with two attached hydrogens (primary N) is 1. The first-order valence-electron chi connectivity index (χ1n) is 4.15. The van der Waals surface area contributed by atoms with E-state index in [2.05, 4.69) is 6.92 Å². The molecular formula is C8H17NO. The van der Waals surface area contributed by atoms with Gasteiger partial charge in [0.05, 0.1) is 5.60 Å². The van der Waals surface area contributed by atoms with Gasteiger partial charge < -0.3 is 10.8 Å². The van der Waals surface area contributed by atoms with Crippen LogP contribution in [0.1, 0.15) is 32.6 Å². The summed E-state index contributed by atoms with van der Waals surface area (Å²) in [5.74, 6) is 0.456. The van der Waals surface area contributed by atoms with Crippen LogP contribution in [-0.4, -0.2) is 17.3 Å². The van der Waals surface area contributed by atoms with Gasteiger partial charge in [-0.2, -0.15) is 0 Å². The van der Waals surface area contributed by atoms with Crippen LogP contribution in [0.25, 0.3) is 0 Å². The van der Waals surface area contributed by atoms with Crippen LogP contribution >= 0.6 is 0 Å². The highest BCUT2D eigenvalue weighted by Crippen LogP contribution is 2.36. The van der Waals surface area contributed by atoms with Crippen molar-refractivity contribution in [2.45, 2.75) is 38.2 Å². The van der Waals surface area contributed by atoms with Gasteiger partial charge in [-0.05, 0) is 18.8 Å². The van der Waals surface area contributed by atoms with E-state index >= 15 is 0 Å². The third-order valence-electron chi connectivity index (χ3n) is 2.77. The minimum Gasteiger partial charge on any atom is -0.388 e. The Labute approximate surface area is 62.4 Å². The Morgan fingerprint density at radius 3 is 2.80 bits per heavy atom. The summed E-state index contributed by atoms with van der Waals surface area (Å²) in [7, 11) is 0. The minimum atomic E-state index is -0.519. The van der Waals surface area contributed by atoms with Crippen LogP contribution in [0.3, 0.4) is 0 Å². The Balaban J connectivity index is 2.56. The topological polar surface area (TPSA) is 46.2 Å². The standard InChI is InChI=1S/C8H17NO/c1-2-7-4-3-5-8(7,10)6-9/h7,10H,2-6,9H2,1H3. The Morgan fingerprint density at radius 2 is 2.40 bits per heavy atom. The van der Waals surface area contributed by atoms with Gasteiger partial charge in [0.15, 0.2) is 0 Å². The molecule has 0 heterocycles. The van der Waals surface area contributed by atoms with E-state index in [-0.39, 0.29) is 0 Å². The van der Waals surface area contributed by atoms with Crippen LogP contribution < -0.4 is 5.73 Å². The van der Waals surface area contributed by atoms with Gasteiger partial charge in [-0.1, -0.05) is 19.8 Å². The molecule has 0 spiro atoms. The number of hydrogen-bond donors (Lipinski definition) is 2. The van der Waals surface area contributed by atoms with Crippen molar-refractivity contribution in [1.82, 2.24) is 0 Å². The second kappa shape index (κ2) is 2.89. The zero-order chi connectivity index (χ0) is 7.61. The van der Waals surface area contributed by atoms with Gasteiger partial charge in [-0.15, -0.1) is 0 Å². The Bertz CT molecular complexity index is 116. The van der Waals surface area contributed by atoms with E-state index in [1.165, 1.54) is 0 Å². The van der Waals surface area contributed by atoms with E-state index in [0.717, 1.165) is 25.7 Å². The van der Waals surface area contributed by atoms with Crippen LogP contribution in [0, 0.1) is 5.92 Å². The van der Waals surface area contributed by atoms with Crippen molar-refractivity contribution in [2.24, 2.45) is 11.7 Å². The quantitative estimate of drug-likeness (QED) is 0.603. The van der Waals surface area contributed by atoms with Crippen LogP contribution in [-0.2, 0) is 0 Å². The third kappa shape index (κ3) is 1.18. The van der Waals surface area contributed by atoms with Crippen molar-refractivity contribution < 1.29 is 5.11 Å². The van der Waals surface area contributed by atoms with Crippen LogP contribution in [0.5, 0.6) is 0 Å². The molecule has 0 aromatic rings. The lowest BCUT2D eigenvalue weighted by Crippen LogP contribution is -2.40. The molecule has 10 heavy (non-hydrogen) atoms. The largest absolute Gasteiger partial charge is 0.388 e. The summed E-state index contributed by atoms with van der Waals surface area (Å²) < 4.78 is 0. The molecule has 2 heteroatoms. The molecule has 1 fully saturated rings. The summed E-state index contributed by atoms with van der Waals surface area (Å²) in [6.07, 6.45) is 4.27. The van der Waals surface area contributed by atoms with Crippen molar-refractivity contribution >= 4 is 0 Å². The van der Waals surface area contributed by atoms with Crippen molar-refractivity contribution in [2.75, 3.05) is 6.54 Å². The maximum Gasteiger partial charge on any atom is 0.0797 e. The first-order valence-corrected chi connectivity index (χ1v) is 4.15. The van der Waals surface area contributed by atoms with Crippen LogP contribution in [0.4, 0.5) is 0 Å². The van der Waals surface area contributed by atoms with Gasteiger partial charge >= 0.3 is 0 Å². The highest BCUT2D eigenvalue weighted by Gasteiger charge is 2.38. The van der Waals surface area contributed by atoms with E-state index in [1.807, 2.05) is 0 Å². The van der Waals surface area contributed by atoms with Crippen LogP contribution in [0.15, 0.2) is 0 Å². The summed E-state index contributed by atoms with van der Waals surface area (Å²) >= 11 is 0. The molecule has 0 bridgehead atoms. The summed E-state index contributed by atoms with van der Waals surface area (Å²) in [4.78, 5) is 0. The zero-order valence-electron chi connectivity index (χ0n) is 6.64. The second-order valence-electron chi connectivity index (χ2n) is 3.31. The minimum absolute atomic E-state index is 0.436. The molecule has 1 rings (SSSR count). The molecule has 0 aliphatic heterocycles. The molecule has 0 saturated heterocycles. The smallest absolute Gasteiger partial charge is 0.0797 e. The van der Waals surface area contributed by atoms with Gasteiger partial charge in [0.25, 0.3) is 0 Å². The molecule has 0 aromatic heterocycles. The molecule has 2 nitrogen and oxygen atoms in total. The molecule has 60 valence electrons. The van der Waals surface area contributed by atoms with Gasteiger partial charge in [0.1, 0.15) is 0 Å². The average Bonchev–Trinajstić information content (AvgIpc) is 2.32. The predicted octanol–water partition coefficient (Wildman–Crippen LogP) is 0.886. The highest BCUT2D eigenvalue weighted by molar-refractivity contribution is 4.92. The van der Waals surface area contributed by atoms with E-state index in [1.54, 1.807) is 0 Å². The fraction of sp³-hybridized carbons (Fsp3) is 1.00. The van der Waals surface area contributed by atoms with E-state index in [4.69, 9.17) is 5.73 Å². The number of aliphatic hydroxyl groups is 1. The summed E-state index contributed by atoms with van der Waals surface area (Å²) in [5, 5.41) is 9.83. The fourth-order valence-electron chi connectivity index (χ4n) is 1.98. The first kappa shape index (κ1) is 8.02. The van der Waals surface area contributed by atoms with Gasteiger partial charge in [-0.3, -0.25) is 0 Å². The Morgan fingerprint density at radius 1 is 1.70 bits per heavy atom. The molecule has 0 amide bonds. The molecule has 1 aliphatic carbocycles. The normalized spacial score (nSPS) is 40.5. The Kier molecular flexibility index (Phi) is 2.32.